The SMILES string of the molecule is CC1(NS(=O)(=O)c2cc(Br)c(F)c(C(=O)Nc3ccn(C(=O)OC(C)(C)C)n3)c2)CC1. The van der Waals surface area contributed by atoms with Gasteiger partial charge >= 0.3 is 6.09 Å². The molecule has 168 valence electrons. The summed E-state index contributed by atoms with van der Waals surface area (Å²) < 4.78 is 48.2. The molecule has 1 amide bonds. The Kier molecular flexibility index (Phi) is 6.02. The molecule has 2 N–H and O–H groups in total. The van der Waals surface area contributed by atoms with Crippen LogP contribution in [0.15, 0.2) is 33.8 Å². The largest absolute Gasteiger partial charge is 0.442 e. The summed E-state index contributed by atoms with van der Waals surface area (Å²) in [5.74, 6) is -1.90. The molecule has 0 radical (unpaired) electrons. The van der Waals surface area contributed by atoms with Crippen LogP contribution < -0.4 is 10.0 Å². The van der Waals surface area contributed by atoms with Crippen LogP contribution in [0.2, 0.25) is 0 Å². The van der Waals surface area contributed by atoms with E-state index < -0.39 is 44.5 Å². The van der Waals surface area contributed by atoms with Gasteiger partial charge in [-0.25, -0.2) is 22.3 Å². The molecule has 0 spiro atoms. The second-order valence-electron chi connectivity index (χ2n) is 8.51. The molecule has 2 aromatic rings. The van der Waals surface area contributed by atoms with Crippen LogP contribution in [-0.2, 0) is 14.8 Å². The van der Waals surface area contributed by atoms with Crippen molar-refractivity contribution in [2.75, 3.05) is 5.32 Å². The van der Waals surface area contributed by atoms with Crippen LogP contribution in [0.1, 0.15) is 50.9 Å². The standard InChI is InChI=1S/C19H22BrFN4O5S/c1-18(2,3)30-17(27)25-8-5-14(23-25)22-16(26)12-9-11(10-13(20)15(12)21)31(28,29)24-19(4)6-7-19/h5,8-10,24H,6-7H2,1-4H3,(H,22,23,26). The molecule has 31 heavy (non-hydrogen) atoms. The van der Waals surface area contributed by atoms with Gasteiger partial charge in [-0.05, 0) is 68.6 Å². The molecule has 9 nitrogen and oxygen atoms in total. The van der Waals surface area contributed by atoms with Crippen molar-refractivity contribution in [3.05, 3.63) is 40.2 Å². The molecular formula is C19H22BrFN4O5S. The minimum atomic E-state index is -3.96. The molecule has 0 aliphatic heterocycles. The Balaban J connectivity index is 1.82. The van der Waals surface area contributed by atoms with E-state index in [4.69, 9.17) is 4.74 Å². The van der Waals surface area contributed by atoms with E-state index in [1.54, 1.807) is 27.7 Å². The lowest BCUT2D eigenvalue weighted by molar-refractivity contribution is 0.0514. The first-order valence-electron chi connectivity index (χ1n) is 9.33. The Hall–Kier alpha value is -2.31. The first kappa shape index (κ1) is 23.4. The van der Waals surface area contributed by atoms with Crippen LogP contribution in [-0.4, -0.2) is 41.3 Å². The molecule has 1 aliphatic carbocycles. The van der Waals surface area contributed by atoms with Crippen LogP contribution >= 0.6 is 15.9 Å². The van der Waals surface area contributed by atoms with Crippen LogP contribution in [0.4, 0.5) is 15.0 Å². The highest BCUT2D eigenvalue weighted by Crippen LogP contribution is 2.36. The van der Waals surface area contributed by atoms with Crippen LogP contribution in [0.25, 0.3) is 0 Å². The number of ether oxygens (including phenoxy) is 1. The number of anilines is 1. The second-order valence-corrected chi connectivity index (χ2v) is 11.0. The van der Waals surface area contributed by atoms with Crippen molar-refractivity contribution in [1.82, 2.24) is 14.5 Å². The predicted octanol–water partition coefficient (Wildman–Crippen LogP) is 3.65. The maximum absolute atomic E-state index is 14.6. The molecule has 1 saturated carbocycles. The summed E-state index contributed by atoms with van der Waals surface area (Å²) in [4.78, 5) is 24.4. The smallest absolute Gasteiger partial charge is 0.435 e. The number of benzene rings is 1. The monoisotopic (exact) mass is 516 g/mol. The van der Waals surface area contributed by atoms with Gasteiger partial charge in [-0.3, -0.25) is 4.79 Å². The Labute approximate surface area is 187 Å². The third-order valence-corrected chi connectivity index (χ3v) is 6.54. The third kappa shape index (κ3) is 5.69. The van der Waals surface area contributed by atoms with Gasteiger partial charge in [-0.2, -0.15) is 4.68 Å². The normalized spacial score (nSPS) is 15.4. The number of nitrogens with one attached hydrogen (secondary N) is 2. The Morgan fingerprint density at radius 3 is 2.52 bits per heavy atom. The number of carbonyl (C=O) groups excluding carboxylic acids is 2. The van der Waals surface area contributed by atoms with E-state index in [1.165, 1.54) is 12.3 Å². The summed E-state index contributed by atoms with van der Waals surface area (Å²) in [5.41, 5.74) is -1.77. The molecule has 0 unspecified atom stereocenters. The van der Waals surface area contributed by atoms with Gasteiger partial charge in [-0.15, -0.1) is 5.10 Å². The van der Waals surface area contributed by atoms with Gasteiger partial charge in [0.25, 0.3) is 5.91 Å². The summed E-state index contributed by atoms with van der Waals surface area (Å²) in [6.07, 6.45) is 1.91. The van der Waals surface area contributed by atoms with Gasteiger partial charge in [0.1, 0.15) is 11.4 Å². The highest BCUT2D eigenvalue weighted by Gasteiger charge is 2.41. The number of halogens is 2. The van der Waals surface area contributed by atoms with E-state index in [-0.39, 0.29) is 15.2 Å². The van der Waals surface area contributed by atoms with Crippen LogP contribution in [0.3, 0.4) is 0 Å². The van der Waals surface area contributed by atoms with E-state index in [0.29, 0.717) is 12.8 Å². The third-order valence-electron chi connectivity index (χ3n) is 4.35. The van der Waals surface area contributed by atoms with Crippen LogP contribution in [0, 0.1) is 5.82 Å². The summed E-state index contributed by atoms with van der Waals surface area (Å²) in [5, 5.41) is 6.23. The highest BCUT2D eigenvalue weighted by molar-refractivity contribution is 9.10. The van der Waals surface area contributed by atoms with Gasteiger partial charge < -0.3 is 10.1 Å². The van der Waals surface area contributed by atoms with Gasteiger partial charge in [0.15, 0.2) is 5.82 Å². The van der Waals surface area contributed by atoms with E-state index in [9.17, 15) is 22.4 Å². The minimum absolute atomic E-state index is 0.0386. The summed E-state index contributed by atoms with van der Waals surface area (Å²) in [6.45, 7) is 6.84. The van der Waals surface area contributed by atoms with Crippen molar-refractivity contribution in [2.45, 2.75) is 56.6 Å². The Bertz CT molecular complexity index is 1150. The average molecular weight is 517 g/mol. The molecule has 1 heterocycles. The molecule has 0 saturated heterocycles. The lowest BCUT2D eigenvalue weighted by atomic mass is 10.2. The topological polar surface area (TPSA) is 119 Å². The molecule has 3 rings (SSSR count). The number of hydrogen-bond donors (Lipinski definition) is 2. The van der Waals surface area contributed by atoms with Crippen molar-refractivity contribution in [2.24, 2.45) is 0 Å². The Morgan fingerprint density at radius 1 is 1.29 bits per heavy atom. The number of nitrogens with zero attached hydrogens (tertiary/aromatic N) is 2. The summed E-state index contributed by atoms with van der Waals surface area (Å²) in [7, 11) is -3.96. The fourth-order valence-electron chi connectivity index (χ4n) is 2.54. The summed E-state index contributed by atoms with van der Waals surface area (Å²) >= 11 is 2.96. The molecule has 12 heteroatoms. The average Bonchev–Trinajstić information content (AvgIpc) is 3.14. The number of aromatic nitrogens is 2. The number of sulfonamides is 1. The Morgan fingerprint density at radius 2 is 1.94 bits per heavy atom. The summed E-state index contributed by atoms with van der Waals surface area (Å²) in [6, 6.07) is 3.37. The van der Waals surface area contributed by atoms with Crippen molar-refractivity contribution < 1.29 is 27.1 Å². The number of hydrogen-bond acceptors (Lipinski definition) is 6. The molecule has 0 bridgehead atoms. The minimum Gasteiger partial charge on any atom is -0.442 e. The maximum atomic E-state index is 14.6. The van der Waals surface area contributed by atoms with E-state index in [1.807, 2.05) is 0 Å². The zero-order valence-electron chi connectivity index (χ0n) is 17.3. The second kappa shape index (κ2) is 7.99. The van der Waals surface area contributed by atoms with E-state index >= 15 is 0 Å². The zero-order chi connectivity index (χ0) is 23.2. The molecule has 1 fully saturated rings. The van der Waals surface area contributed by atoms with Gasteiger partial charge in [0.05, 0.1) is 14.9 Å². The highest BCUT2D eigenvalue weighted by atomic mass is 79.9. The van der Waals surface area contributed by atoms with E-state index in [0.717, 1.165) is 16.8 Å². The lowest BCUT2D eigenvalue weighted by Gasteiger charge is -2.18. The van der Waals surface area contributed by atoms with E-state index in [2.05, 4.69) is 31.1 Å². The van der Waals surface area contributed by atoms with Crippen LogP contribution in [0.5, 0.6) is 0 Å². The van der Waals surface area contributed by atoms with Crippen molar-refractivity contribution in [3.63, 3.8) is 0 Å². The fraction of sp³-hybridized carbons (Fsp3) is 0.421. The predicted molar refractivity (Wildman–Crippen MR) is 114 cm³/mol. The quantitative estimate of drug-likeness (QED) is 0.625. The van der Waals surface area contributed by atoms with Gasteiger partial charge in [0.2, 0.25) is 10.0 Å². The maximum Gasteiger partial charge on any atom is 0.435 e. The van der Waals surface area contributed by atoms with Crippen molar-refractivity contribution in [3.8, 4) is 0 Å². The molecular weight excluding hydrogens is 495 g/mol. The van der Waals surface area contributed by atoms with Gasteiger partial charge in [0, 0.05) is 17.8 Å². The number of rotatable bonds is 5. The molecule has 1 aliphatic rings. The molecule has 1 aromatic heterocycles. The number of amides is 1. The first-order valence-corrected chi connectivity index (χ1v) is 11.6. The van der Waals surface area contributed by atoms with Crippen molar-refractivity contribution >= 4 is 43.8 Å². The van der Waals surface area contributed by atoms with Crippen molar-refractivity contribution in [1.29, 1.82) is 0 Å². The molecule has 0 atom stereocenters. The lowest BCUT2D eigenvalue weighted by Crippen LogP contribution is -2.34. The molecule has 1 aromatic carbocycles. The number of carbonyl (C=O) groups is 2. The van der Waals surface area contributed by atoms with Gasteiger partial charge in [-0.1, -0.05) is 0 Å². The fourth-order valence-corrected chi connectivity index (χ4v) is 4.67. The zero-order valence-corrected chi connectivity index (χ0v) is 19.7. The first-order chi connectivity index (χ1) is 14.2.